The SMILES string of the molecule is CCOC(=O)c1cc2c(C)ccc3c2c(n1)N(c1ccc(C)cc1)C(C(c1ccccc1)c1ccccc1)=N3. The zero-order valence-electron chi connectivity index (χ0n) is 22.3. The molecule has 0 N–H and O–H groups in total. The summed E-state index contributed by atoms with van der Waals surface area (Å²) in [5, 5.41) is 1.86. The monoisotopic (exact) mass is 511 g/mol. The van der Waals surface area contributed by atoms with Gasteiger partial charge in [0.15, 0.2) is 5.69 Å². The van der Waals surface area contributed by atoms with Crippen LogP contribution in [0.3, 0.4) is 0 Å². The van der Waals surface area contributed by atoms with Crippen molar-refractivity contribution in [1.82, 2.24) is 4.98 Å². The molecule has 0 saturated heterocycles. The van der Waals surface area contributed by atoms with Crippen LogP contribution in [-0.4, -0.2) is 23.4 Å². The van der Waals surface area contributed by atoms with Gasteiger partial charge >= 0.3 is 5.97 Å². The summed E-state index contributed by atoms with van der Waals surface area (Å²) in [6.07, 6.45) is 0. The number of amidine groups is 1. The summed E-state index contributed by atoms with van der Waals surface area (Å²) in [6, 6.07) is 35.1. The van der Waals surface area contributed by atoms with E-state index in [1.165, 1.54) is 0 Å². The van der Waals surface area contributed by atoms with Gasteiger partial charge in [-0.05, 0) is 67.1 Å². The lowest BCUT2D eigenvalue weighted by Crippen LogP contribution is -2.34. The van der Waals surface area contributed by atoms with Crippen LogP contribution in [0.1, 0.15) is 45.6 Å². The number of carbonyl (C=O) groups is 1. The predicted octanol–water partition coefficient (Wildman–Crippen LogP) is 8.04. The maximum absolute atomic E-state index is 13.0. The normalized spacial score (nSPS) is 12.5. The van der Waals surface area contributed by atoms with Crippen molar-refractivity contribution in [3.63, 3.8) is 0 Å². The number of aromatic nitrogens is 1. The number of nitrogens with zero attached hydrogens (tertiary/aromatic N) is 3. The van der Waals surface area contributed by atoms with E-state index < -0.39 is 5.97 Å². The first-order chi connectivity index (χ1) is 19.0. The molecule has 39 heavy (non-hydrogen) atoms. The molecule has 6 rings (SSSR count). The molecular weight excluding hydrogens is 482 g/mol. The second kappa shape index (κ2) is 10.2. The molecule has 1 aromatic heterocycles. The maximum Gasteiger partial charge on any atom is 0.357 e. The molecule has 0 fully saturated rings. The highest BCUT2D eigenvalue weighted by Crippen LogP contribution is 2.45. The van der Waals surface area contributed by atoms with Gasteiger partial charge in [0.2, 0.25) is 0 Å². The average Bonchev–Trinajstić information content (AvgIpc) is 2.97. The number of pyridine rings is 1. The third kappa shape index (κ3) is 4.46. The van der Waals surface area contributed by atoms with Crippen LogP contribution in [0.25, 0.3) is 10.8 Å². The molecule has 192 valence electrons. The van der Waals surface area contributed by atoms with Crippen LogP contribution in [0.4, 0.5) is 17.2 Å². The molecule has 0 aliphatic carbocycles. The van der Waals surface area contributed by atoms with E-state index in [-0.39, 0.29) is 18.2 Å². The fourth-order valence-corrected chi connectivity index (χ4v) is 5.24. The molecule has 0 bridgehead atoms. The van der Waals surface area contributed by atoms with E-state index in [0.717, 1.165) is 50.2 Å². The highest BCUT2D eigenvalue weighted by Gasteiger charge is 2.34. The largest absolute Gasteiger partial charge is 0.461 e. The number of ether oxygens (including phenoxy) is 1. The lowest BCUT2D eigenvalue weighted by Gasteiger charge is -2.35. The van der Waals surface area contributed by atoms with Crippen LogP contribution in [-0.2, 0) is 4.74 Å². The number of benzene rings is 4. The van der Waals surface area contributed by atoms with Gasteiger partial charge in [-0.2, -0.15) is 0 Å². The topological polar surface area (TPSA) is 54.8 Å². The third-order valence-corrected chi connectivity index (χ3v) is 7.15. The van der Waals surface area contributed by atoms with Gasteiger partial charge in [-0.1, -0.05) is 84.4 Å². The van der Waals surface area contributed by atoms with E-state index in [0.29, 0.717) is 5.82 Å². The smallest absolute Gasteiger partial charge is 0.357 e. The maximum atomic E-state index is 13.0. The number of aryl methyl sites for hydroxylation is 2. The molecule has 0 unspecified atom stereocenters. The Bertz CT molecular complexity index is 1660. The summed E-state index contributed by atoms with van der Waals surface area (Å²) < 4.78 is 5.38. The van der Waals surface area contributed by atoms with Crippen molar-refractivity contribution in [2.75, 3.05) is 11.5 Å². The molecule has 5 nitrogen and oxygen atoms in total. The Balaban J connectivity index is 1.68. The second-order valence-corrected chi connectivity index (χ2v) is 9.77. The molecule has 0 saturated carbocycles. The van der Waals surface area contributed by atoms with Gasteiger partial charge in [-0.25, -0.2) is 14.8 Å². The predicted molar refractivity (Wildman–Crippen MR) is 158 cm³/mol. The number of rotatable bonds is 6. The van der Waals surface area contributed by atoms with E-state index in [4.69, 9.17) is 14.7 Å². The highest BCUT2D eigenvalue weighted by molar-refractivity contribution is 6.20. The van der Waals surface area contributed by atoms with Crippen molar-refractivity contribution in [2.24, 2.45) is 4.99 Å². The van der Waals surface area contributed by atoms with E-state index in [1.807, 2.05) is 31.2 Å². The zero-order valence-corrected chi connectivity index (χ0v) is 22.3. The number of hydrogen-bond donors (Lipinski definition) is 0. The summed E-state index contributed by atoms with van der Waals surface area (Å²) in [4.78, 5) is 25.4. The lowest BCUT2D eigenvalue weighted by atomic mass is 9.88. The van der Waals surface area contributed by atoms with Crippen LogP contribution < -0.4 is 4.90 Å². The minimum atomic E-state index is -0.434. The number of esters is 1. The Morgan fingerprint density at radius 2 is 1.49 bits per heavy atom. The van der Waals surface area contributed by atoms with Gasteiger partial charge in [0.25, 0.3) is 0 Å². The van der Waals surface area contributed by atoms with Crippen LogP contribution in [0.15, 0.2) is 108 Å². The van der Waals surface area contributed by atoms with E-state index >= 15 is 0 Å². The molecule has 4 aromatic carbocycles. The quantitative estimate of drug-likeness (QED) is 0.217. The summed E-state index contributed by atoms with van der Waals surface area (Å²) in [7, 11) is 0. The van der Waals surface area contributed by atoms with Crippen molar-refractivity contribution in [1.29, 1.82) is 0 Å². The first kappa shape index (κ1) is 24.6. The first-order valence-corrected chi connectivity index (χ1v) is 13.2. The van der Waals surface area contributed by atoms with Gasteiger partial charge < -0.3 is 4.74 Å². The number of aliphatic imine (C=N–C) groups is 1. The van der Waals surface area contributed by atoms with Crippen molar-refractivity contribution in [3.05, 3.63) is 131 Å². The average molecular weight is 512 g/mol. The summed E-state index contributed by atoms with van der Waals surface area (Å²) in [5.41, 5.74) is 6.50. The van der Waals surface area contributed by atoms with Crippen molar-refractivity contribution >= 4 is 39.8 Å². The van der Waals surface area contributed by atoms with Crippen molar-refractivity contribution < 1.29 is 9.53 Å². The summed E-state index contributed by atoms with van der Waals surface area (Å²) in [5.74, 6) is 0.893. The van der Waals surface area contributed by atoms with Crippen LogP contribution in [0.5, 0.6) is 0 Å². The molecule has 1 aliphatic rings. The minimum Gasteiger partial charge on any atom is -0.461 e. The summed E-state index contributed by atoms with van der Waals surface area (Å²) in [6.45, 7) is 6.21. The molecule has 2 heterocycles. The molecule has 0 amide bonds. The fourth-order valence-electron chi connectivity index (χ4n) is 5.24. The Morgan fingerprint density at radius 1 is 0.846 bits per heavy atom. The zero-order chi connectivity index (χ0) is 26.9. The molecule has 0 atom stereocenters. The first-order valence-electron chi connectivity index (χ1n) is 13.2. The van der Waals surface area contributed by atoms with Gasteiger partial charge in [0, 0.05) is 5.69 Å². The lowest BCUT2D eigenvalue weighted by molar-refractivity contribution is 0.0520. The van der Waals surface area contributed by atoms with Crippen LogP contribution in [0.2, 0.25) is 0 Å². The highest BCUT2D eigenvalue weighted by atomic mass is 16.5. The van der Waals surface area contributed by atoms with E-state index in [2.05, 4.69) is 90.7 Å². The van der Waals surface area contributed by atoms with Crippen LogP contribution >= 0.6 is 0 Å². The Hall–Kier alpha value is -4.77. The number of anilines is 2. The molecule has 0 spiro atoms. The minimum absolute atomic E-state index is 0.175. The summed E-state index contributed by atoms with van der Waals surface area (Å²) >= 11 is 0. The second-order valence-electron chi connectivity index (χ2n) is 9.77. The molecule has 5 heteroatoms. The fraction of sp³-hybridized carbons (Fsp3) is 0.147. The molecule has 1 aliphatic heterocycles. The molecule has 0 radical (unpaired) electrons. The Kier molecular flexibility index (Phi) is 6.41. The number of carbonyl (C=O) groups excluding carboxylic acids is 1. The Morgan fingerprint density at radius 3 is 2.10 bits per heavy atom. The van der Waals surface area contributed by atoms with Crippen LogP contribution in [0, 0.1) is 13.8 Å². The number of hydrogen-bond acceptors (Lipinski definition) is 5. The van der Waals surface area contributed by atoms with E-state index in [1.54, 1.807) is 6.92 Å². The molecular formula is C34H29N3O2. The van der Waals surface area contributed by atoms with Crippen molar-refractivity contribution in [2.45, 2.75) is 26.7 Å². The standard InChI is InChI=1S/C34H29N3O2/c1-4-39-34(38)29-21-27-23(3)17-20-28-31(27)33(36-29)37(26-18-15-22(2)16-19-26)32(35-28)30(24-11-7-5-8-12-24)25-13-9-6-10-14-25/h5-21,30H,4H2,1-3H3. The van der Waals surface area contributed by atoms with Gasteiger partial charge in [0.1, 0.15) is 11.7 Å². The van der Waals surface area contributed by atoms with Gasteiger partial charge in [-0.3, -0.25) is 4.90 Å². The van der Waals surface area contributed by atoms with Gasteiger partial charge in [-0.15, -0.1) is 0 Å². The Labute approximate surface area is 228 Å². The van der Waals surface area contributed by atoms with E-state index in [9.17, 15) is 4.79 Å². The van der Waals surface area contributed by atoms with Gasteiger partial charge in [0.05, 0.1) is 23.6 Å². The van der Waals surface area contributed by atoms with Crippen molar-refractivity contribution in [3.8, 4) is 0 Å². The third-order valence-electron chi connectivity index (χ3n) is 7.15. The molecule has 5 aromatic rings.